The molecule has 1 N–H and O–H groups in total. The van der Waals surface area contributed by atoms with Gasteiger partial charge < -0.3 is 9.88 Å². The van der Waals surface area contributed by atoms with E-state index in [1.807, 2.05) is 6.07 Å². The highest BCUT2D eigenvalue weighted by atomic mass is 79.9. The second-order valence-corrected chi connectivity index (χ2v) is 5.54. The topological polar surface area (TPSA) is 74.9 Å². The van der Waals surface area contributed by atoms with Gasteiger partial charge in [-0.15, -0.1) is 0 Å². The maximum absolute atomic E-state index is 12.2. The van der Waals surface area contributed by atoms with Crippen LogP contribution in [0.15, 0.2) is 39.7 Å². The van der Waals surface area contributed by atoms with Crippen molar-refractivity contribution in [2.24, 2.45) is 7.05 Å². The number of halogens is 2. The molecule has 0 bridgehead atoms. The Bertz CT molecular complexity index is 824. The fraction of sp³-hybridized carbons (Fsp3) is 0.0714. The van der Waals surface area contributed by atoms with Crippen LogP contribution in [0.5, 0.6) is 0 Å². The Morgan fingerprint density at radius 2 is 2.19 bits per heavy atom. The molecule has 1 aromatic heterocycles. The number of benzene rings is 1. The molecule has 1 amide bonds. The number of hydrogen-bond donors (Lipinski definition) is 1. The maximum Gasteiger partial charge on any atom is 0.263 e. The second kappa shape index (κ2) is 6.12. The highest BCUT2D eigenvalue weighted by Crippen LogP contribution is 2.23. The molecule has 7 heteroatoms. The number of aromatic nitrogens is 1. The summed E-state index contributed by atoms with van der Waals surface area (Å²) in [6, 6.07) is 8.05. The Morgan fingerprint density at radius 1 is 1.48 bits per heavy atom. The quantitative estimate of drug-likeness (QED) is 0.888. The molecule has 0 atom stereocenters. The summed E-state index contributed by atoms with van der Waals surface area (Å²) in [5.41, 5.74) is -0.0525. The van der Waals surface area contributed by atoms with E-state index in [9.17, 15) is 9.59 Å². The molecule has 2 aromatic rings. The number of anilines is 1. The first-order valence-corrected chi connectivity index (χ1v) is 6.97. The zero-order valence-electron chi connectivity index (χ0n) is 10.9. The summed E-state index contributed by atoms with van der Waals surface area (Å²) < 4.78 is 1.89. The molecule has 0 unspecified atom stereocenters. The number of nitriles is 1. The minimum atomic E-state index is -0.601. The summed E-state index contributed by atoms with van der Waals surface area (Å²) in [7, 11) is 1.55. The van der Waals surface area contributed by atoms with Gasteiger partial charge in [0.05, 0.1) is 16.3 Å². The molecule has 0 spiro atoms. The summed E-state index contributed by atoms with van der Waals surface area (Å²) in [6.45, 7) is 0. The van der Waals surface area contributed by atoms with Crippen LogP contribution in [0.3, 0.4) is 0 Å². The number of aryl methyl sites for hydroxylation is 1. The monoisotopic (exact) mass is 365 g/mol. The number of amides is 1. The van der Waals surface area contributed by atoms with Crippen LogP contribution in [0, 0.1) is 11.3 Å². The Morgan fingerprint density at radius 3 is 2.86 bits per heavy atom. The van der Waals surface area contributed by atoms with Gasteiger partial charge in [0.25, 0.3) is 11.5 Å². The zero-order chi connectivity index (χ0) is 15.6. The third-order valence-electron chi connectivity index (χ3n) is 2.77. The molecule has 0 saturated heterocycles. The van der Waals surface area contributed by atoms with Gasteiger partial charge in [-0.05, 0) is 34.1 Å². The van der Waals surface area contributed by atoms with Crippen LogP contribution >= 0.6 is 27.5 Å². The van der Waals surface area contributed by atoms with Crippen LogP contribution in [-0.2, 0) is 7.05 Å². The number of nitrogens with one attached hydrogen (secondary N) is 1. The molecule has 0 fully saturated rings. The number of rotatable bonds is 2. The molecule has 5 nitrogen and oxygen atoms in total. The summed E-state index contributed by atoms with van der Waals surface area (Å²) in [5, 5.41) is 11.8. The van der Waals surface area contributed by atoms with E-state index in [0.29, 0.717) is 4.47 Å². The Labute approximate surface area is 133 Å². The predicted octanol–water partition coefficient (Wildman–Crippen LogP) is 2.93. The van der Waals surface area contributed by atoms with Crippen molar-refractivity contribution in [1.29, 1.82) is 5.26 Å². The van der Waals surface area contributed by atoms with E-state index < -0.39 is 11.5 Å². The van der Waals surface area contributed by atoms with Gasteiger partial charge in [0, 0.05) is 17.7 Å². The first kappa shape index (κ1) is 15.3. The number of hydrogen-bond acceptors (Lipinski definition) is 3. The van der Waals surface area contributed by atoms with Gasteiger partial charge in [-0.25, -0.2) is 0 Å². The summed E-state index contributed by atoms with van der Waals surface area (Å²) in [4.78, 5) is 24.2. The van der Waals surface area contributed by atoms with Gasteiger partial charge in [-0.2, -0.15) is 5.26 Å². The zero-order valence-corrected chi connectivity index (χ0v) is 13.2. The number of carbonyl (C=O) groups excluding carboxylic acids is 1. The lowest BCUT2D eigenvalue weighted by molar-refractivity contribution is 0.102. The molecule has 1 aromatic carbocycles. The minimum absolute atomic E-state index is 0.0317. The third-order valence-corrected chi connectivity index (χ3v) is 3.52. The Balaban J connectivity index is 2.43. The van der Waals surface area contributed by atoms with Crippen LogP contribution in [0.25, 0.3) is 0 Å². The van der Waals surface area contributed by atoms with Crippen LogP contribution in [0.1, 0.15) is 15.9 Å². The van der Waals surface area contributed by atoms with Gasteiger partial charge in [0.15, 0.2) is 0 Å². The SMILES string of the molecule is Cn1cc(Br)cc(C(=O)Nc2cccc(Cl)c2C#N)c1=O. The van der Waals surface area contributed by atoms with E-state index in [0.717, 1.165) is 0 Å². The van der Waals surface area contributed by atoms with Gasteiger partial charge in [0.2, 0.25) is 0 Å². The Hall–Kier alpha value is -2.10. The van der Waals surface area contributed by atoms with Crippen molar-refractivity contribution >= 4 is 39.1 Å². The van der Waals surface area contributed by atoms with Crippen LogP contribution < -0.4 is 10.9 Å². The van der Waals surface area contributed by atoms with Crippen molar-refractivity contribution in [2.45, 2.75) is 0 Å². The first-order valence-electron chi connectivity index (χ1n) is 5.80. The molecule has 0 radical (unpaired) electrons. The average Bonchev–Trinajstić information content (AvgIpc) is 2.43. The van der Waals surface area contributed by atoms with Crippen LogP contribution in [0.2, 0.25) is 5.02 Å². The van der Waals surface area contributed by atoms with Gasteiger partial charge >= 0.3 is 0 Å². The van der Waals surface area contributed by atoms with Crippen molar-refractivity contribution in [3.05, 3.63) is 61.4 Å². The van der Waals surface area contributed by atoms with Gasteiger partial charge in [-0.1, -0.05) is 17.7 Å². The number of carbonyl (C=O) groups is 1. The summed E-state index contributed by atoms with van der Waals surface area (Å²) in [6.07, 6.45) is 1.55. The lowest BCUT2D eigenvalue weighted by Crippen LogP contribution is -2.27. The van der Waals surface area contributed by atoms with Gasteiger partial charge in [-0.3, -0.25) is 9.59 Å². The van der Waals surface area contributed by atoms with E-state index in [2.05, 4.69) is 21.2 Å². The molecule has 0 aliphatic carbocycles. The normalized spacial score (nSPS) is 10.0. The summed E-state index contributed by atoms with van der Waals surface area (Å²) in [5.74, 6) is -0.601. The van der Waals surface area contributed by atoms with E-state index in [-0.39, 0.29) is 21.8 Å². The molecule has 0 aliphatic rings. The molecule has 0 aliphatic heterocycles. The Kier molecular flexibility index (Phi) is 4.46. The molecule has 106 valence electrons. The fourth-order valence-corrected chi connectivity index (χ4v) is 2.52. The molecule has 0 saturated carbocycles. The lowest BCUT2D eigenvalue weighted by Gasteiger charge is -2.09. The van der Waals surface area contributed by atoms with Crippen molar-refractivity contribution in [3.8, 4) is 6.07 Å². The van der Waals surface area contributed by atoms with Crippen LogP contribution in [0.4, 0.5) is 5.69 Å². The van der Waals surface area contributed by atoms with Gasteiger partial charge in [0.1, 0.15) is 11.6 Å². The van der Waals surface area contributed by atoms with E-state index >= 15 is 0 Å². The van der Waals surface area contributed by atoms with Crippen molar-refractivity contribution < 1.29 is 4.79 Å². The second-order valence-electron chi connectivity index (χ2n) is 4.22. The fourth-order valence-electron chi connectivity index (χ4n) is 1.76. The number of pyridine rings is 1. The first-order chi connectivity index (χ1) is 9.93. The molecular formula is C14H9BrClN3O2. The van der Waals surface area contributed by atoms with Crippen molar-refractivity contribution in [1.82, 2.24) is 4.57 Å². The largest absolute Gasteiger partial charge is 0.321 e. The standard InChI is InChI=1S/C14H9BrClN3O2/c1-19-7-8(15)5-9(14(19)21)13(20)18-12-4-2-3-11(16)10(12)6-17/h2-5,7H,1H3,(H,18,20). The van der Waals surface area contributed by atoms with Crippen molar-refractivity contribution in [3.63, 3.8) is 0 Å². The predicted molar refractivity (Wildman–Crippen MR) is 83.5 cm³/mol. The average molecular weight is 367 g/mol. The highest BCUT2D eigenvalue weighted by molar-refractivity contribution is 9.10. The molecular weight excluding hydrogens is 358 g/mol. The maximum atomic E-state index is 12.2. The number of nitrogens with zero attached hydrogens (tertiary/aromatic N) is 2. The highest BCUT2D eigenvalue weighted by Gasteiger charge is 2.15. The molecule has 1 heterocycles. The summed E-state index contributed by atoms with van der Waals surface area (Å²) >= 11 is 9.12. The molecule has 21 heavy (non-hydrogen) atoms. The van der Waals surface area contributed by atoms with Crippen LogP contribution in [-0.4, -0.2) is 10.5 Å². The van der Waals surface area contributed by atoms with E-state index in [4.69, 9.17) is 16.9 Å². The third kappa shape index (κ3) is 3.15. The lowest BCUT2D eigenvalue weighted by atomic mass is 10.1. The smallest absolute Gasteiger partial charge is 0.263 e. The van der Waals surface area contributed by atoms with Crippen molar-refractivity contribution in [2.75, 3.05) is 5.32 Å². The molecule has 2 rings (SSSR count). The van der Waals surface area contributed by atoms with E-state index in [1.54, 1.807) is 31.4 Å². The minimum Gasteiger partial charge on any atom is -0.321 e. The van der Waals surface area contributed by atoms with E-state index in [1.165, 1.54) is 10.6 Å².